The Kier molecular flexibility index (Phi) is 8.04. The molecule has 5 nitrogen and oxygen atoms in total. The van der Waals surface area contributed by atoms with E-state index in [4.69, 9.17) is 25.8 Å². The van der Waals surface area contributed by atoms with Crippen LogP contribution in [0, 0.1) is 10.8 Å². The number of halogens is 1. The minimum absolute atomic E-state index is 0.136. The molecule has 0 saturated heterocycles. The molecule has 3 saturated carbocycles. The fourth-order valence-corrected chi connectivity index (χ4v) is 4.73. The molecule has 6 heteroatoms. The van der Waals surface area contributed by atoms with E-state index in [2.05, 4.69) is 13.5 Å². The molecule has 3 aliphatic carbocycles. The second-order valence-electron chi connectivity index (χ2n) is 9.21. The first kappa shape index (κ1) is 23.6. The normalized spacial score (nSPS) is 24.5. The molecule has 0 aliphatic heterocycles. The van der Waals surface area contributed by atoms with Crippen LogP contribution in [0.2, 0.25) is 5.02 Å². The van der Waals surface area contributed by atoms with Crippen molar-refractivity contribution in [2.24, 2.45) is 10.8 Å². The molecule has 0 aromatic heterocycles. The topological polar surface area (TPSA) is 61.8 Å². The molecule has 2 bridgehead atoms. The van der Waals surface area contributed by atoms with Gasteiger partial charge in [-0.1, -0.05) is 25.1 Å². The Morgan fingerprint density at radius 1 is 1.03 bits per heavy atom. The van der Waals surface area contributed by atoms with Gasteiger partial charge in [-0.25, -0.2) is 4.79 Å². The van der Waals surface area contributed by atoms with E-state index in [-0.39, 0.29) is 17.4 Å². The average Bonchev–Trinajstić information content (AvgIpc) is 2.77. The summed E-state index contributed by atoms with van der Waals surface area (Å²) in [5.41, 5.74) is 0.0806. The molecule has 0 spiro atoms. The van der Waals surface area contributed by atoms with E-state index in [1.807, 2.05) is 0 Å². The summed E-state index contributed by atoms with van der Waals surface area (Å²) in [5, 5.41) is 0.391. The summed E-state index contributed by atoms with van der Waals surface area (Å²) in [4.78, 5) is 23.9. The number of esters is 2. The third kappa shape index (κ3) is 6.25. The van der Waals surface area contributed by atoms with Crippen LogP contribution in [-0.4, -0.2) is 25.2 Å². The standard InChI is InChI=1S/C25H33ClO5/c1-3-22(27)30-17-7-5-4-6-16-29-19-8-9-21(20(26)18-19)31-23(28)25-13-10-24(2,11-14-25)12-15-25/h3,8-9,18H,1,4-7,10-17H2,2H3. The fraction of sp³-hybridized carbons (Fsp3) is 0.600. The molecule has 0 atom stereocenters. The van der Waals surface area contributed by atoms with Crippen molar-refractivity contribution in [2.75, 3.05) is 13.2 Å². The molecule has 1 aromatic carbocycles. The number of benzene rings is 1. The van der Waals surface area contributed by atoms with Gasteiger partial charge in [0.15, 0.2) is 0 Å². The van der Waals surface area contributed by atoms with Crippen molar-refractivity contribution in [3.05, 3.63) is 35.9 Å². The summed E-state index contributed by atoms with van der Waals surface area (Å²) in [5.74, 6) is 0.549. The van der Waals surface area contributed by atoms with E-state index >= 15 is 0 Å². The molecule has 31 heavy (non-hydrogen) atoms. The molecule has 3 fully saturated rings. The van der Waals surface area contributed by atoms with Gasteiger partial charge in [0, 0.05) is 12.1 Å². The number of hydrogen-bond donors (Lipinski definition) is 0. The Balaban J connectivity index is 1.38. The number of rotatable bonds is 11. The predicted molar refractivity (Wildman–Crippen MR) is 120 cm³/mol. The fourth-order valence-electron chi connectivity index (χ4n) is 4.52. The summed E-state index contributed by atoms with van der Waals surface area (Å²) in [6.07, 6.45) is 10.9. The molecule has 0 radical (unpaired) electrons. The van der Waals surface area contributed by atoms with Crippen molar-refractivity contribution < 1.29 is 23.8 Å². The van der Waals surface area contributed by atoms with Gasteiger partial charge < -0.3 is 14.2 Å². The lowest BCUT2D eigenvalue weighted by Gasteiger charge is -2.50. The van der Waals surface area contributed by atoms with Crippen molar-refractivity contribution in [1.29, 1.82) is 0 Å². The van der Waals surface area contributed by atoms with Gasteiger partial charge in [-0.05, 0) is 81.8 Å². The first-order valence-corrected chi connectivity index (χ1v) is 11.7. The van der Waals surface area contributed by atoms with E-state index in [1.54, 1.807) is 18.2 Å². The van der Waals surface area contributed by atoms with E-state index in [0.717, 1.165) is 64.2 Å². The number of unbranched alkanes of at least 4 members (excludes halogenated alkanes) is 3. The smallest absolute Gasteiger partial charge is 0.330 e. The van der Waals surface area contributed by atoms with Crippen LogP contribution in [-0.2, 0) is 14.3 Å². The zero-order valence-electron chi connectivity index (χ0n) is 18.4. The van der Waals surface area contributed by atoms with Gasteiger partial charge in [0.25, 0.3) is 0 Å². The first-order valence-electron chi connectivity index (χ1n) is 11.3. The Bertz CT molecular complexity index is 779. The molecular formula is C25H33ClO5. The molecule has 4 rings (SSSR count). The summed E-state index contributed by atoms with van der Waals surface area (Å²) >= 11 is 6.36. The average molecular weight is 449 g/mol. The zero-order valence-corrected chi connectivity index (χ0v) is 19.2. The van der Waals surface area contributed by atoms with Crippen LogP contribution in [0.25, 0.3) is 0 Å². The zero-order chi connectivity index (χ0) is 22.3. The van der Waals surface area contributed by atoms with Crippen LogP contribution in [0.3, 0.4) is 0 Å². The van der Waals surface area contributed by atoms with E-state index < -0.39 is 0 Å². The molecule has 1 aromatic rings. The van der Waals surface area contributed by atoms with Crippen LogP contribution < -0.4 is 9.47 Å². The highest BCUT2D eigenvalue weighted by molar-refractivity contribution is 6.32. The Labute approximate surface area is 190 Å². The van der Waals surface area contributed by atoms with Crippen molar-refractivity contribution >= 4 is 23.5 Å². The van der Waals surface area contributed by atoms with Gasteiger partial charge >= 0.3 is 11.9 Å². The number of fused-ring (bicyclic) bond motifs is 3. The lowest BCUT2D eigenvalue weighted by Crippen LogP contribution is -2.46. The Morgan fingerprint density at radius 2 is 1.68 bits per heavy atom. The van der Waals surface area contributed by atoms with E-state index in [1.165, 1.54) is 6.08 Å². The molecule has 0 amide bonds. The quantitative estimate of drug-likeness (QED) is 0.173. The van der Waals surface area contributed by atoms with Crippen LogP contribution in [0.1, 0.15) is 71.1 Å². The number of carbonyl (C=O) groups excluding carboxylic acids is 2. The second-order valence-corrected chi connectivity index (χ2v) is 9.61. The molecule has 3 aliphatic rings. The minimum Gasteiger partial charge on any atom is -0.494 e. The molecule has 0 unspecified atom stereocenters. The number of carbonyl (C=O) groups is 2. The number of ether oxygens (including phenoxy) is 3. The molecule has 0 N–H and O–H groups in total. The van der Waals surface area contributed by atoms with Gasteiger partial charge in [0.1, 0.15) is 11.5 Å². The summed E-state index contributed by atoms with van der Waals surface area (Å²) < 4.78 is 16.4. The third-order valence-corrected chi connectivity index (χ3v) is 7.17. The van der Waals surface area contributed by atoms with Crippen molar-refractivity contribution in [3.63, 3.8) is 0 Å². The summed E-state index contributed by atoms with van der Waals surface area (Å²) in [6.45, 7) is 6.68. The first-order chi connectivity index (χ1) is 14.9. The van der Waals surface area contributed by atoms with Crippen molar-refractivity contribution in [2.45, 2.75) is 71.1 Å². The van der Waals surface area contributed by atoms with Crippen molar-refractivity contribution in [1.82, 2.24) is 0 Å². The van der Waals surface area contributed by atoms with Crippen LogP contribution >= 0.6 is 11.6 Å². The maximum absolute atomic E-state index is 12.9. The lowest BCUT2D eigenvalue weighted by atomic mass is 9.54. The highest BCUT2D eigenvalue weighted by Gasteiger charge is 2.51. The molecule has 170 valence electrons. The van der Waals surface area contributed by atoms with Crippen LogP contribution in [0.4, 0.5) is 0 Å². The van der Waals surface area contributed by atoms with Crippen molar-refractivity contribution in [3.8, 4) is 11.5 Å². The minimum atomic E-state index is -0.380. The maximum atomic E-state index is 12.9. The molecular weight excluding hydrogens is 416 g/mol. The van der Waals surface area contributed by atoms with Gasteiger partial charge in [0.05, 0.1) is 23.7 Å². The van der Waals surface area contributed by atoms with Gasteiger partial charge in [0.2, 0.25) is 0 Å². The largest absolute Gasteiger partial charge is 0.494 e. The highest BCUT2D eigenvalue weighted by Crippen LogP contribution is 2.57. The Hall–Kier alpha value is -2.01. The van der Waals surface area contributed by atoms with Gasteiger partial charge in [-0.2, -0.15) is 0 Å². The maximum Gasteiger partial charge on any atom is 0.330 e. The third-order valence-electron chi connectivity index (χ3n) is 6.88. The Morgan fingerprint density at radius 3 is 2.29 bits per heavy atom. The highest BCUT2D eigenvalue weighted by atomic mass is 35.5. The summed E-state index contributed by atoms with van der Waals surface area (Å²) in [6, 6.07) is 5.21. The monoisotopic (exact) mass is 448 g/mol. The predicted octanol–water partition coefficient (Wildman–Crippen LogP) is 6.27. The number of hydrogen-bond acceptors (Lipinski definition) is 5. The summed E-state index contributed by atoms with van der Waals surface area (Å²) in [7, 11) is 0. The van der Waals surface area contributed by atoms with E-state index in [0.29, 0.717) is 35.2 Å². The molecule has 0 heterocycles. The van der Waals surface area contributed by atoms with Gasteiger partial charge in [-0.3, -0.25) is 4.79 Å². The van der Waals surface area contributed by atoms with Gasteiger partial charge in [-0.15, -0.1) is 0 Å². The second kappa shape index (κ2) is 10.5. The SMILES string of the molecule is C=CC(=O)OCCCCCCOc1ccc(OC(=O)C23CCC(C)(CC2)CC3)c(Cl)c1. The van der Waals surface area contributed by atoms with Crippen LogP contribution in [0.5, 0.6) is 11.5 Å². The van der Waals surface area contributed by atoms with Crippen LogP contribution in [0.15, 0.2) is 30.9 Å². The lowest BCUT2D eigenvalue weighted by molar-refractivity contribution is -0.155. The van der Waals surface area contributed by atoms with E-state index in [9.17, 15) is 9.59 Å².